The van der Waals surface area contributed by atoms with Crippen LogP contribution in [0.5, 0.6) is 5.75 Å². The fourth-order valence-corrected chi connectivity index (χ4v) is 3.94. The Morgan fingerprint density at radius 1 is 1.23 bits per heavy atom. The fourth-order valence-electron chi connectivity index (χ4n) is 3.08. The highest BCUT2D eigenvalue weighted by Crippen LogP contribution is 2.32. The van der Waals surface area contributed by atoms with Crippen LogP contribution >= 0.6 is 11.8 Å². The number of nitrogens with one attached hydrogen (secondary N) is 1. The van der Waals surface area contributed by atoms with E-state index in [2.05, 4.69) is 22.1 Å². The van der Waals surface area contributed by atoms with Gasteiger partial charge in [-0.2, -0.15) is 0 Å². The zero-order valence-corrected chi connectivity index (χ0v) is 18.5. The molecule has 1 heterocycles. The number of ether oxygens (including phenoxy) is 1. The molecule has 0 saturated heterocycles. The zero-order valence-electron chi connectivity index (χ0n) is 17.7. The van der Waals surface area contributed by atoms with Crippen LogP contribution in [-0.4, -0.2) is 33.0 Å². The number of carbonyl (C=O) groups excluding carboxylic acids is 1. The Balaban J connectivity index is 1.77. The van der Waals surface area contributed by atoms with E-state index in [0.29, 0.717) is 23.3 Å². The molecule has 0 saturated carbocycles. The van der Waals surface area contributed by atoms with E-state index in [9.17, 15) is 9.18 Å². The first kappa shape index (κ1) is 22.6. The first-order chi connectivity index (χ1) is 14.9. The molecule has 0 aliphatic rings. The monoisotopic (exact) mass is 440 g/mol. The smallest absolute Gasteiger partial charge is 0.233 e. The molecule has 8 heteroatoms. The SMILES string of the molecule is C=CCn1c(S[C@H](C)C(=O)N[C@@H](C)c2ccc(F)cc2)nnc1-c1ccccc1OC. The van der Waals surface area contributed by atoms with Gasteiger partial charge in [-0.1, -0.05) is 42.1 Å². The normalized spacial score (nSPS) is 12.8. The first-order valence-electron chi connectivity index (χ1n) is 9.84. The first-order valence-corrected chi connectivity index (χ1v) is 10.7. The van der Waals surface area contributed by atoms with Crippen LogP contribution in [0.3, 0.4) is 0 Å². The molecule has 31 heavy (non-hydrogen) atoms. The second-order valence-corrected chi connectivity index (χ2v) is 8.26. The molecule has 2 atom stereocenters. The molecule has 3 rings (SSSR count). The van der Waals surface area contributed by atoms with Crippen molar-refractivity contribution < 1.29 is 13.9 Å². The van der Waals surface area contributed by atoms with E-state index < -0.39 is 5.25 Å². The third-order valence-corrected chi connectivity index (χ3v) is 5.84. The lowest BCUT2D eigenvalue weighted by Gasteiger charge is -2.18. The Bertz CT molecular complexity index is 1050. The highest BCUT2D eigenvalue weighted by molar-refractivity contribution is 8.00. The molecular formula is C23H25FN4O2S. The number of carbonyl (C=O) groups is 1. The molecule has 1 aromatic heterocycles. The van der Waals surface area contributed by atoms with Crippen molar-refractivity contribution in [2.24, 2.45) is 0 Å². The van der Waals surface area contributed by atoms with Gasteiger partial charge in [-0.3, -0.25) is 9.36 Å². The van der Waals surface area contributed by atoms with Crippen LogP contribution in [-0.2, 0) is 11.3 Å². The van der Waals surface area contributed by atoms with Crippen molar-refractivity contribution >= 4 is 17.7 Å². The highest BCUT2D eigenvalue weighted by Gasteiger charge is 2.23. The van der Waals surface area contributed by atoms with Crippen molar-refractivity contribution in [1.29, 1.82) is 0 Å². The van der Waals surface area contributed by atoms with Gasteiger partial charge in [-0.15, -0.1) is 16.8 Å². The van der Waals surface area contributed by atoms with Gasteiger partial charge in [0.15, 0.2) is 11.0 Å². The molecule has 0 spiro atoms. The highest BCUT2D eigenvalue weighted by atomic mass is 32.2. The number of nitrogens with zero attached hydrogens (tertiary/aromatic N) is 3. The summed E-state index contributed by atoms with van der Waals surface area (Å²) in [5.41, 5.74) is 1.65. The van der Waals surface area contributed by atoms with Crippen LogP contribution < -0.4 is 10.1 Å². The lowest BCUT2D eigenvalue weighted by Crippen LogP contribution is -2.33. The van der Waals surface area contributed by atoms with Crippen molar-refractivity contribution in [1.82, 2.24) is 20.1 Å². The Labute approximate surface area is 185 Å². The Morgan fingerprint density at radius 3 is 2.61 bits per heavy atom. The van der Waals surface area contributed by atoms with Gasteiger partial charge in [0.1, 0.15) is 11.6 Å². The molecule has 0 bridgehead atoms. The second kappa shape index (κ2) is 10.3. The van der Waals surface area contributed by atoms with E-state index >= 15 is 0 Å². The van der Waals surface area contributed by atoms with Crippen molar-refractivity contribution in [3.05, 3.63) is 72.6 Å². The molecular weight excluding hydrogens is 415 g/mol. The summed E-state index contributed by atoms with van der Waals surface area (Å²) in [4.78, 5) is 12.7. The van der Waals surface area contributed by atoms with E-state index in [0.717, 1.165) is 11.1 Å². The number of rotatable bonds is 9. The van der Waals surface area contributed by atoms with E-state index in [1.54, 1.807) is 25.3 Å². The van der Waals surface area contributed by atoms with Gasteiger partial charge in [0.25, 0.3) is 0 Å². The number of hydrogen-bond acceptors (Lipinski definition) is 5. The number of aromatic nitrogens is 3. The molecule has 0 unspecified atom stereocenters. The van der Waals surface area contributed by atoms with Crippen LogP contribution in [0.4, 0.5) is 4.39 Å². The number of halogens is 1. The van der Waals surface area contributed by atoms with Crippen LogP contribution in [0, 0.1) is 5.82 Å². The zero-order chi connectivity index (χ0) is 22.4. The van der Waals surface area contributed by atoms with Crippen LogP contribution in [0.1, 0.15) is 25.5 Å². The van der Waals surface area contributed by atoms with Crippen molar-refractivity contribution in [2.45, 2.75) is 36.8 Å². The van der Waals surface area contributed by atoms with Gasteiger partial charge in [0.05, 0.1) is 24.0 Å². The quantitative estimate of drug-likeness (QED) is 0.388. The largest absolute Gasteiger partial charge is 0.496 e. The van der Waals surface area contributed by atoms with E-state index in [4.69, 9.17) is 4.74 Å². The lowest BCUT2D eigenvalue weighted by atomic mass is 10.1. The van der Waals surface area contributed by atoms with Gasteiger partial charge >= 0.3 is 0 Å². The van der Waals surface area contributed by atoms with Crippen molar-refractivity contribution in [2.75, 3.05) is 7.11 Å². The molecule has 0 fully saturated rings. The van der Waals surface area contributed by atoms with Gasteiger partial charge in [0.2, 0.25) is 5.91 Å². The average molecular weight is 441 g/mol. The standard InChI is InChI=1S/C23H25FN4O2S/c1-5-14-28-21(19-8-6-7-9-20(19)30-4)26-27-23(28)31-16(3)22(29)25-15(2)17-10-12-18(24)13-11-17/h5-13,15-16H,1,14H2,2-4H3,(H,25,29)/t15-,16+/m0/s1. The summed E-state index contributed by atoms with van der Waals surface area (Å²) < 4.78 is 20.5. The number of allylic oxidation sites excluding steroid dienone is 1. The molecule has 1 N–H and O–H groups in total. The molecule has 6 nitrogen and oxygen atoms in total. The minimum Gasteiger partial charge on any atom is -0.496 e. The summed E-state index contributed by atoms with van der Waals surface area (Å²) in [5, 5.41) is 11.8. The number of methoxy groups -OCH3 is 1. The molecule has 3 aromatic rings. The third-order valence-electron chi connectivity index (χ3n) is 4.76. The van der Waals surface area contributed by atoms with Crippen LogP contribution in [0.2, 0.25) is 0 Å². The molecule has 0 radical (unpaired) electrons. The third kappa shape index (κ3) is 5.32. The van der Waals surface area contributed by atoms with Gasteiger partial charge in [0, 0.05) is 6.54 Å². The summed E-state index contributed by atoms with van der Waals surface area (Å²) in [6, 6.07) is 13.4. The van der Waals surface area contributed by atoms with Crippen molar-refractivity contribution in [3.8, 4) is 17.1 Å². The van der Waals surface area contributed by atoms with Crippen LogP contribution in [0.25, 0.3) is 11.4 Å². The maximum Gasteiger partial charge on any atom is 0.233 e. The Hall–Kier alpha value is -3.13. The van der Waals surface area contributed by atoms with Gasteiger partial charge in [-0.25, -0.2) is 4.39 Å². The number of para-hydroxylation sites is 1. The number of amides is 1. The van der Waals surface area contributed by atoms with Gasteiger partial charge in [-0.05, 0) is 43.7 Å². The molecule has 0 aliphatic carbocycles. The summed E-state index contributed by atoms with van der Waals surface area (Å²) in [6.07, 6.45) is 1.76. The summed E-state index contributed by atoms with van der Waals surface area (Å²) in [5.74, 6) is 0.884. The molecule has 2 aromatic carbocycles. The molecule has 0 aliphatic heterocycles. The number of hydrogen-bond donors (Lipinski definition) is 1. The second-order valence-electron chi connectivity index (χ2n) is 6.95. The minimum absolute atomic E-state index is 0.145. The van der Waals surface area contributed by atoms with Gasteiger partial charge < -0.3 is 10.1 Å². The topological polar surface area (TPSA) is 69.0 Å². The number of benzene rings is 2. The summed E-state index contributed by atoms with van der Waals surface area (Å²) in [7, 11) is 1.61. The lowest BCUT2D eigenvalue weighted by molar-refractivity contribution is -0.120. The molecule has 1 amide bonds. The Morgan fingerprint density at radius 2 is 1.94 bits per heavy atom. The van der Waals surface area contributed by atoms with E-state index in [1.807, 2.05) is 42.7 Å². The predicted molar refractivity (Wildman–Crippen MR) is 120 cm³/mol. The molecule has 162 valence electrons. The summed E-state index contributed by atoms with van der Waals surface area (Å²) in [6.45, 7) is 7.99. The average Bonchev–Trinajstić information content (AvgIpc) is 3.16. The maximum atomic E-state index is 13.1. The van der Waals surface area contributed by atoms with E-state index in [1.165, 1.54) is 23.9 Å². The predicted octanol–water partition coefficient (Wildman–Crippen LogP) is 4.64. The minimum atomic E-state index is -0.416. The van der Waals surface area contributed by atoms with Crippen LogP contribution in [0.15, 0.2) is 66.3 Å². The van der Waals surface area contributed by atoms with Crippen molar-refractivity contribution in [3.63, 3.8) is 0 Å². The van der Waals surface area contributed by atoms with E-state index in [-0.39, 0.29) is 17.8 Å². The summed E-state index contributed by atoms with van der Waals surface area (Å²) >= 11 is 1.32. The fraction of sp³-hybridized carbons (Fsp3) is 0.261. The number of thioether (sulfide) groups is 1. The maximum absolute atomic E-state index is 13.1. The Kier molecular flexibility index (Phi) is 7.46.